The van der Waals surface area contributed by atoms with Crippen LogP contribution in [0.2, 0.25) is 5.02 Å². The Kier molecular flexibility index (Phi) is 11.3. The molecule has 2 aromatic rings. The molecule has 0 spiro atoms. The highest BCUT2D eigenvalue weighted by atomic mass is 35.5. The fourth-order valence-electron chi connectivity index (χ4n) is 4.44. The van der Waals surface area contributed by atoms with Crippen LogP contribution in [0, 0.1) is 18.7 Å². The molecule has 1 N–H and O–H groups in total. The molecule has 0 bridgehead atoms. The third-order valence-electron chi connectivity index (χ3n) is 6.09. The van der Waals surface area contributed by atoms with E-state index in [0.29, 0.717) is 24.4 Å². The van der Waals surface area contributed by atoms with Crippen LogP contribution in [0.5, 0.6) is 5.75 Å². The van der Waals surface area contributed by atoms with Gasteiger partial charge in [0, 0.05) is 32.0 Å². The van der Waals surface area contributed by atoms with Crippen molar-refractivity contribution in [3.8, 4) is 5.75 Å². The molecule has 37 heavy (non-hydrogen) atoms. The lowest BCUT2D eigenvalue weighted by Crippen LogP contribution is -2.33. The average molecular weight is 555 g/mol. The molecule has 0 unspecified atom stereocenters. The lowest BCUT2D eigenvalue weighted by Gasteiger charge is -2.33. The van der Waals surface area contributed by atoms with Gasteiger partial charge in [0.1, 0.15) is 18.2 Å². The molecule has 2 amide bonds. The molecule has 1 aliphatic rings. The molecule has 1 fully saturated rings. The summed E-state index contributed by atoms with van der Waals surface area (Å²) in [5, 5.41) is 9.58. The van der Waals surface area contributed by atoms with E-state index in [2.05, 4.69) is 0 Å². The van der Waals surface area contributed by atoms with Crippen molar-refractivity contribution in [1.29, 1.82) is 0 Å². The van der Waals surface area contributed by atoms with Crippen LogP contribution in [0.15, 0.2) is 36.4 Å². The molecular weight excluding hydrogens is 522 g/mol. The Morgan fingerprint density at radius 1 is 1.16 bits per heavy atom. The number of carbonyl (C=O) groups is 3. The summed E-state index contributed by atoms with van der Waals surface area (Å²) in [5.41, 5.74) is 2.39. The molecule has 0 saturated carbocycles. The number of carboxylic acids is 1. The quantitative estimate of drug-likeness (QED) is 0.353. The van der Waals surface area contributed by atoms with E-state index in [-0.39, 0.29) is 67.6 Å². The van der Waals surface area contributed by atoms with E-state index < -0.39 is 17.8 Å². The Labute approximate surface area is 227 Å². The molecular formula is C27H33Cl2FN2O5. The second kappa shape index (κ2) is 13.7. The number of aryl methyl sites for hydroxylation is 1. The number of carboxylic acid groups (broad SMARTS) is 1. The summed E-state index contributed by atoms with van der Waals surface area (Å²) in [6, 6.07) is 9.60. The maximum atomic E-state index is 14.2. The van der Waals surface area contributed by atoms with Gasteiger partial charge in [-0.25, -0.2) is 4.39 Å². The van der Waals surface area contributed by atoms with Crippen molar-refractivity contribution >= 4 is 41.8 Å². The number of aliphatic carboxylic acids is 1. The number of carbonyl (C=O) groups excluding carboxylic acids is 2. The van der Waals surface area contributed by atoms with Crippen molar-refractivity contribution in [2.45, 2.75) is 52.6 Å². The standard InChI is InChI=1S/C27H32ClFN2O5.ClH/c1-17(2)15-30(23(14-27(34)35)20-5-6-21(28)22(29)13-20)16-19-4-7-24(18(3)12-19)36-11-10-31-25(32)8-9-26(31)33;/h4-7,12-13,17,23H,8-11,14-16H2,1-3H3,(H,34,35);1H/t23-;/m1./s1. The number of imide groups is 1. The second-order valence-electron chi connectivity index (χ2n) is 9.50. The Balaban J connectivity index is 0.00000481. The van der Waals surface area contributed by atoms with Gasteiger partial charge in [-0.15, -0.1) is 12.4 Å². The highest BCUT2D eigenvalue weighted by Crippen LogP contribution is 2.30. The van der Waals surface area contributed by atoms with Gasteiger partial charge < -0.3 is 9.84 Å². The van der Waals surface area contributed by atoms with Gasteiger partial charge in [0.2, 0.25) is 11.8 Å². The van der Waals surface area contributed by atoms with E-state index in [9.17, 15) is 23.9 Å². The van der Waals surface area contributed by atoms with Crippen molar-refractivity contribution in [3.63, 3.8) is 0 Å². The molecule has 0 aromatic heterocycles. The minimum Gasteiger partial charge on any atom is -0.491 e. The first-order valence-corrected chi connectivity index (χ1v) is 12.4. The maximum absolute atomic E-state index is 14.2. The minimum absolute atomic E-state index is 0. The molecule has 1 saturated heterocycles. The Hall–Kier alpha value is -2.68. The summed E-state index contributed by atoms with van der Waals surface area (Å²) >= 11 is 5.85. The SMILES string of the molecule is Cc1cc(CN(CC(C)C)[C@H](CC(=O)O)c2ccc(Cl)c(F)c2)ccc1OCCN1C(=O)CCC1=O.Cl. The van der Waals surface area contributed by atoms with Gasteiger partial charge in [0.25, 0.3) is 0 Å². The van der Waals surface area contributed by atoms with Crippen LogP contribution < -0.4 is 4.74 Å². The minimum atomic E-state index is -0.973. The lowest BCUT2D eigenvalue weighted by atomic mass is 9.99. The first-order chi connectivity index (χ1) is 17.0. The third kappa shape index (κ3) is 8.42. The van der Waals surface area contributed by atoms with Crippen LogP contribution >= 0.6 is 24.0 Å². The van der Waals surface area contributed by atoms with Crippen molar-refractivity contribution in [2.75, 3.05) is 19.7 Å². The van der Waals surface area contributed by atoms with Gasteiger partial charge in [-0.3, -0.25) is 24.2 Å². The maximum Gasteiger partial charge on any atom is 0.305 e. The number of ether oxygens (including phenoxy) is 1. The highest BCUT2D eigenvalue weighted by Gasteiger charge is 2.28. The fraction of sp³-hybridized carbons (Fsp3) is 0.444. The van der Waals surface area contributed by atoms with Crippen molar-refractivity contribution < 1.29 is 28.6 Å². The summed E-state index contributed by atoms with van der Waals surface area (Å²) in [7, 11) is 0. The van der Waals surface area contributed by atoms with E-state index in [4.69, 9.17) is 16.3 Å². The van der Waals surface area contributed by atoms with E-state index in [1.807, 2.05) is 43.9 Å². The molecule has 1 atom stereocenters. The first-order valence-electron chi connectivity index (χ1n) is 12.0. The van der Waals surface area contributed by atoms with Gasteiger partial charge in [-0.1, -0.05) is 43.6 Å². The number of nitrogens with zero attached hydrogens (tertiary/aromatic N) is 2. The van der Waals surface area contributed by atoms with Crippen molar-refractivity contribution in [3.05, 3.63) is 63.9 Å². The molecule has 0 aliphatic carbocycles. The predicted octanol–water partition coefficient (Wildman–Crippen LogP) is 5.41. The van der Waals surface area contributed by atoms with Crippen LogP contribution in [0.4, 0.5) is 4.39 Å². The summed E-state index contributed by atoms with van der Waals surface area (Å²) in [6.07, 6.45) is 0.331. The molecule has 10 heteroatoms. The van der Waals surface area contributed by atoms with E-state index >= 15 is 0 Å². The Morgan fingerprint density at radius 2 is 1.84 bits per heavy atom. The number of likely N-dealkylation sites (tertiary alicyclic amines) is 1. The average Bonchev–Trinajstić information content (AvgIpc) is 3.12. The highest BCUT2D eigenvalue weighted by molar-refractivity contribution is 6.30. The monoisotopic (exact) mass is 554 g/mol. The first kappa shape index (κ1) is 30.5. The van der Waals surface area contributed by atoms with E-state index in [1.165, 1.54) is 17.0 Å². The predicted molar refractivity (Wildman–Crippen MR) is 142 cm³/mol. The van der Waals surface area contributed by atoms with E-state index in [0.717, 1.165) is 11.1 Å². The Morgan fingerprint density at radius 3 is 2.41 bits per heavy atom. The molecule has 1 heterocycles. The van der Waals surface area contributed by atoms with Gasteiger partial charge in [-0.05, 0) is 47.7 Å². The van der Waals surface area contributed by atoms with Crippen LogP contribution in [-0.2, 0) is 20.9 Å². The fourth-order valence-corrected chi connectivity index (χ4v) is 4.56. The molecule has 0 radical (unpaired) electrons. The van der Waals surface area contributed by atoms with Crippen LogP contribution in [0.25, 0.3) is 0 Å². The number of hydrogen-bond donors (Lipinski definition) is 1. The summed E-state index contributed by atoms with van der Waals surface area (Å²) in [4.78, 5) is 38.5. The number of amides is 2. The van der Waals surface area contributed by atoms with Gasteiger partial charge in [0.15, 0.2) is 0 Å². The largest absolute Gasteiger partial charge is 0.491 e. The molecule has 2 aromatic carbocycles. The number of benzene rings is 2. The van der Waals surface area contributed by atoms with Gasteiger partial charge in [0.05, 0.1) is 18.0 Å². The molecule has 3 rings (SSSR count). The summed E-state index contributed by atoms with van der Waals surface area (Å²) in [5.74, 6) is -0.995. The zero-order chi connectivity index (χ0) is 26.4. The Bertz CT molecular complexity index is 1110. The van der Waals surface area contributed by atoms with Gasteiger partial charge in [-0.2, -0.15) is 0 Å². The normalized spacial score (nSPS) is 14.3. The topological polar surface area (TPSA) is 87.2 Å². The van der Waals surface area contributed by atoms with Crippen molar-refractivity contribution in [1.82, 2.24) is 9.80 Å². The van der Waals surface area contributed by atoms with Gasteiger partial charge >= 0.3 is 5.97 Å². The van der Waals surface area contributed by atoms with E-state index in [1.54, 1.807) is 6.07 Å². The number of hydrogen-bond acceptors (Lipinski definition) is 5. The number of halogens is 3. The summed E-state index contributed by atoms with van der Waals surface area (Å²) in [6.45, 7) is 7.49. The smallest absolute Gasteiger partial charge is 0.305 e. The zero-order valence-corrected chi connectivity index (χ0v) is 22.8. The van der Waals surface area contributed by atoms with Crippen LogP contribution in [-0.4, -0.2) is 52.4 Å². The molecule has 202 valence electrons. The molecule has 1 aliphatic heterocycles. The van der Waals surface area contributed by atoms with Crippen LogP contribution in [0.3, 0.4) is 0 Å². The zero-order valence-electron chi connectivity index (χ0n) is 21.2. The third-order valence-corrected chi connectivity index (χ3v) is 6.40. The summed E-state index contributed by atoms with van der Waals surface area (Å²) < 4.78 is 20.0. The second-order valence-corrected chi connectivity index (χ2v) is 9.91. The molecule has 7 nitrogen and oxygen atoms in total. The number of rotatable bonds is 12. The lowest BCUT2D eigenvalue weighted by molar-refractivity contribution is -0.140. The van der Waals surface area contributed by atoms with Crippen molar-refractivity contribution in [2.24, 2.45) is 5.92 Å². The van der Waals surface area contributed by atoms with Crippen LogP contribution in [0.1, 0.15) is 55.8 Å².